The first-order valence-corrected chi connectivity index (χ1v) is 6.66. The molecule has 0 radical (unpaired) electrons. The van der Waals surface area contributed by atoms with Crippen LogP contribution < -0.4 is 0 Å². The van der Waals surface area contributed by atoms with Gasteiger partial charge in [-0.05, 0) is 38.3 Å². The van der Waals surface area contributed by atoms with Gasteiger partial charge in [-0.25, -0.2) is 0 Å². The standard InChI is InChI=1S/C15H23NO2/c1-5-12-8-9-13(16-11-12)10-14(17)15(4,6-2)18-7-3/h8-9,11H,5-7,10H2,1-4H3. The normalized spacial score (nSPS) is 14.2. The first-order valence-electron chi connectivity index (χ1n) is 6.66. The number of ether oxygens (including phenoxy) is 1. The second kappa shape index (κ2) is 6.64. The number of aromatic nitrogens is 1. The number of Topliss-reactive ketones (excluding diaryl/α,β-unsaturated/α-hetero) is 1. The zero-order valence-corrected chi connectivity index (χ0v) is 11.8. The minimum atomic E-state index is -0.681. The summed E-state index contributed by atoms with van der Waals surface area (Å²) in [6.45, 7) is 8.39. The van der Waals surface area contributed by atoms with Crippen LogP contribution in [-0.4, -0.2) is 23.0 Å². The number of pyridine rings is 1. The summed E-state index contributed by atoms with van der Waals surface area (Å²) in [5, 5.41) is 0. The van der Waals surface area contributed by atoms with Crippen molar-refractivity contribution >= 4 is 5.78 Å². The van der Waals surface area contributed by atoms with Gasteiger partial charge < -0.3 is 4.74 Å². The van der Waals surface area contributed by atoms with Crippen molar-refractivity contribution in [2.24, 2.45) is 0 Å². The lowest BCUT2D eigenvalue weighted by Gasteiger charge is -2.26. The summed E-state index contributed by atoms with van der Waals surface area (Å²) in [5.74, 6) is 0.101. The maximum atomic E-state index is 12.2. The van der Waals surface area contributed by atoms with Crippen LogP contribution in [0.1, 0.15) is 45.4 Å². The van der Waals surface area contributed by atoms with E-state index in [0.29, 0.717) is 19.4 Å². The van der Waals surface area contributed by atoms with Gasteiger partial charge in [0.05, 0.1) is 6.42 Å². The highest BCUT2D eigenvalue weighted by Gasteiger charge is 2.31. The molecular formula is C15H23NO2. The molecule has 1 unspecified atom stereocenters. The van der Waals surface area contributed by atoms with Crippen molar-refractivity contribution in [3.05, 3.63) is 29.6 Å². The number of hydrogen-bond donors (Lipinski definition) is 0. The average Bonchev–Trinajstić information content (AvgIpc) is 2.39. The quantitative estimate of drug-likeness (QED) is 0.745. The summed E-state index contributed by atoms with van der Waals surface area (Å²) in [7, 11) is 0. The van der Waals surface area contributed by atoms with Gasteiger partial charge in [0.2, 0.25) is 0 Å². The fourth-order valence-corrected chi connectivity index (χ4v) is 1.82. The molecule has 0 aliphatic heterocycles. The highest BCUT2D eigenvalue weighted by molar-refractivity contribution is 5.88. The first-order chi connectivity index (χ1) is 8.55. The maximum absolute atomic E-state index is 12.2. The molecule has 0 aliphatic rings. The molecule has 3 heteroatoms. The van der Waals surface area contributed by atoms with Gasteiger partial charge in [0.25, 0.3) is 0 Å². The maximum Gasteiger partial charge on any atom is 0.170 e. The molecule has 3 nitrogen and oxygen atoms in total. The molecule has 1 rings (SSSR count). The van der Waals surface area contributed by atoms with Gasteiger partial charge in [0.1, 0.15) is 5.60 Å². The molecule has 0 amide bonds. The Bertz CT molecular complexity index is 386. The van der Waals surface area contributed by atoms with Gasteiger partial charge in [0.15, 0.2) is 5.78 Å². The van der Waals surface area contributed by atoms with E-state index >= 15 is 0 Å². The fraction of sp³-hybridized carbons (Fsp3) is 0.600. The lowest BCUT2D eigenvalue weighted by molar-refractivity contribution is -0.141. The van der Waals surface area contributed by atoms with E-state index in [-0.39, 0.29) is 5.78 Å². The van der Waals surface area contributed by atoms with E-state index in [9.17, 15) is 4.79 Å². The number of hydrogen-bond acceptors (Lipinski definition) is 3. The Morgan fingerprint density at radius 3 is 2.50 bits per heavy atom. The predicted molar refractivity (Wildman–Crippen MR) is 72.6 cm³/mol. The van der Waals surface area contributed by atoms with Crippen LogP contribution in [0.2, 0.25) is 0 Å². The molecule has 0 N–H and O–H groups in total. The predicted octanol–water partition coefficient (Wildman–Crippen LogP) is 2.96. The SMILES string of the molecule is CCOC(C)(CC)C(=O)Cc1ccc(CC)cn1. The molecule has 1 heterocycles. The summed E-state index contributed by atoms with van der Waals surface area (Å²) in [4.78, 5) is 16.6. The molecule has 1 atom stereocenters. The van der Waals surface area contributed by atoms with Gasteiger partial charge in [-0.15, -0.1) is 0 Å². The van der Waals surface area contributed by atoms with Crippen molar-refractivity contribution in [3.63, 3.8) is 0 Å². The van der Waals surface area contributed by atoms with Gasteiger partial charge in [0, 0.05) is 18.5 Å². The molecule has 1 aromatic heterocycles. The minimum Gasteiger partial charge on any atom is -0.368 e. The highest BCUT2D eigenvalue weighted by atomic mass is 16.5. The molecule has 0 aliphatic carbocycles. The van der Waals surface area contributed by atoms with Crippen molar-refractivity contribution in [1.82, 2.24) is 4.98 Å². The van der Waals surface area contributed by atoms with Crippen molar-refractivity contribution in [3.8, 4) is 0 Å². The van der Waals surface area contributed by atoms with Crippen LogP contribution in [0.5, 0.6) is 0 Å². The highest BCUT2D eigenvalue weighted by Crippen LogP contribution is 2.18. The van der Waals surface area contributed by atoms with Crippen molar-refractivity contribution < 1.29 is 9.53 Å². The number of carbonyl (C=O) groups is 1. The van der Waals surface area contributed by atoms with E-state index in [2.05, 4.69) is 11.9 Å². The Labute approximate surface area is 110 Å². The molecule has 18 heavy (non-hydrogen) atoms. The number of nitrogens with zero attached hydrogens (tertiary/aromatic N) is 1. The smallest absolute Gasteiger partial charge is 0.170 e. The van der Waals surface area contributed by atoms with Crippen molar-refractivity contribution in [2.45, 2.75) is 52.6 Å². The van der Waals surface area contributed by atoms with Crippen molar-refractivity contribution in [1.29, 1.82) is 0 Å². The lowest BCUT2D eigenvalue weighted by Crippen LogP contribution is -2.39. The molecule has 100 valence electrons. The number of carbonyl (C=O) groups excluding carboxylic acids is 1. The molecule has 0 bridgehead atoms. The second-order valence-electron chi connectivity index (χ2n) is 4.63. The molecular weight excluding hydrogens is 226 g/mol. The monoisotopic (exact) mass is 249 g/mol. The summed E-state index contributed by atoms with van der Waals surface area (Å²) in [5.41, 5.74) is 1.32. The summed E-state index contributed by atoms with van der Waals surface area (Å²) in [6.07, 6.45) is 3.83. The molecule has 0 spiro atoms. The zero-order valence-electron chi connectivity index (χ0n) is 11.8. The first kappa shape index (κ1) is 14.8. The third kappa shape index (κ3) is 3.64. The number of ketones is 1. The van der Waals surface area contributed by atoms with Crippen LogP contribution in [0.25, 0.3) is 0 Å². The topological polar surface area (TPSA) is 39.2 Å². The van der Waals surface area contributed by atoms with E-state index < -0.39 is 5.60 Å². The Kier molecular flexibility index (Phi) is 5.48. The van der Waals surface area contributed by atoms with Crippen molar-refractivity contribution in [2.75, 3.05) is 6.61 Å². The van der Waals surface area contributed by atoms with Gasteiger partial charge >= 0.3 is 0 Å². The minimum absolute atomic E-state index is 0.101. The summed E-state index contributed by atoms with van der Waals surface area (Å²) < 4.78 is 5.58. The van der Waals surface area contributed by atoms with Crippen LogP contribution >= 0.6 is 0 Å². The summed E-state index contributed by atoms with van der Waals surface area (Å²) in [6, 6.07) is 3.96. The average molecular weight is 249 g/mol. The largest absolute Gasteiger partial charge is 0.368 e. The number of rotatable bonds is 7. The van der Waals surface area contributed by atoms with Crippen LogP contribution in [0.15, 0.2) is 18.3 Å². The third-order valence-electron chi connectivity index (χ3n) is 3.36. The van der Waals surface area contributed by atoms with Gasteiger partial charge in [-0.3, -0.25) is 9.78 Å². The van der Waals surface area contributed by atoms with E-state index in [0.717, 1.165) is 12.1 Å². The van der Waals surface area contributed by atoms with Crippen LogP contribution in [0, 0.1) is 0 Å². The molecule has 0 saturated heterocycles. The van der Waals surface area contributed by atoms with Gasteiger partial charge in [-0.1, -0.05) is 19.9 Å². The Hall–Kier alpha value is -1.22. The summed E-state index contributed by atoms with van der Waals surface area (Å²) >= 11 is 0. The molecule has 1 aromatic rings. The Morgan fingerprint density at radius 2 is 2.06 bits per heavy atom. The molecule has 0 aromatic carbocycles. The molecule has 0 fully saturated rings. The van der Waals surface area contributed by atoms with Crippen LogP contribution in [0.4, 0.5) is 0 Å². The van der Waals surface area contributed by atoms with Crippen LogP contribution in [-0.2, 0) is 22.4 Å². The van der Waals surface area contributed by atoms with E-state index in [1.165, 1.54) is 5.56 Å². The lowest BCUT2D eigenvalue weighted by atomic mass is 9.94. The number of aryl methyl sites for hydroxylation is 1. The van der Waals surface area contributed by atoms with E-state index in [1.807, 2.05) is 39.1 Å². The zero-order chi connectivity index (χ0) is 13.6. The molecule has 0 saturated carbocycles. The van der Waals surface area contributed by atoms with Crippen LogP contribution in [0.3, 0.4) is 0 Å². The Balaban J connectivity index is 2.73. The van der Waals surface area contributed by atoms with E-state index in [1.54, 1.807) is 0 Å². The fourth-order valence-electron chi connectivity index (χ4n) is 1.82. The Morgan fingerprint density at radius 1 is 1.33 bits per heavy atom. The van der Waals surface area contributed by atoms with E-state index in [4.69, 9.17) is 4.74 Å². The van der Waals surface area contributed by atoms with Gasteiger partial charge in [-0.2, -0.15) is 0 Å². The third-order valence-corrected chi connectivity index (χ3v) is 3.36. The second-order valence-corrected chi connectivity index (χ2v) is 4.63.